The molecule has 0 aliphatic rings. The molecule has 0 aliphatic carbocycles. The minimum Gasteiger partial charge on any atom is -0.206 e. The van der Waals surface area contributed by atoms with Gasteiger partial charge in [0.1, 0.15) is 0 Å². The van der Waals surface area contributed by atoms with Gasteiger partial charge in [-0.05, 0) is 22.9 Å². The third-order valence-electron chi connectivity index (χ3n) is 4.30. The zero-order valence-electron chi connectivity index (χ0n) is 14.0. The molecular weight excluding hydrogens is 382 g/mol. The normalized spacial score (nSPS) is 12.4. The van der Waals surface area contributed by atoms with Gasteiger partial charge in [0.25, 0.3) is 20.0 Å². The van der Waals surface area contributed by atoms with Gasteiger partial charge in [0.05, 0.1) is 9.79 Å². The maximum Gasteiger partial charge on any atom is 0.254 e. The molecule has 0 bridgehead atoms. The molecule has 5 nitrogen and oxygen atoms in total. The Bertz CT molecular complexity index is 1260. The van der Waals surface area contributed by atoms with E-state index in [-0.39, 0.29) is 9.79 Å². The summed E-state index contributed by atoms with van der Waals surface area (Å²) in [5, 5.41) is 2.34. The van der Waals surface area contributed by atoms with Gasteiger partial charge in [0, 0.05) is 10.8 Å². The number of fused-ring (bicyclic) bond motifs is 2. The van der Waals surface area contributed by atoms with Crippen molar-refractivity contribution in [3.63, 3.8) is 0 Å². The van der Waals surface area contributed by atoms with Crippen LogP contribution < -0.4 is 4.13 Å². The summed E-state index contributed by atoms with van der Waals surface area (Å²) in [6, 6.07) is 23.3. The summed E-state index contributed by atoms with van der Waals surface area (Å²) >= 11 is 0. The first-order chi connectivity index (χ1) is 12.9. The van der Waals surface area contributed by atoms with Crippen LogP contribution in [0.1, 0.15) is 0 Å². The van der Waals surface area contributed by atoms with Crippen LogP contribution in [0.4, 0.5) is 0 Å². The highest BCUT2D eigenvalue weighted by Crippen LogP contribution is 2.26. The Kier molecular flexibility index (Phi) is 4.22. The monoisotopic (exact) mass is 397 g/mol. The van der Waals surface area contributed by atoms with Crippen LogP contribution in [0.15, 0.2) is 94.7 Å². The van der Waals surface area contributed by atoms with E-state index in [0.29, 0.717) is 21.5 Å². The Morgan fingerprint density at radius 3 is 1.30 bits per heavy atom. The Labute approximate surface area is 157 Å². The van der Waals surface area contributed by atoms with Gasteiger partial charge in [-0.3, -0.25) is 0 Å². The Hall–Kier alpha value is -2.74. The second-order valence-corrected chi connectivity index (χ2v) is 9.60. The van der Waals surface area contributed by atoms with Crippen molar-refractivity contribution in [2.75, 3.05) is 0 Å². The van der Waals surface area contributed by atoms with Crippen LogP contribution in [0.3, 0.4) is 0 Å². The highest BCUT2D eigenvalue weighted by Gasteiger charge is 2.27. The summed E-state index contributed by atoms with van der Waals surface area (Å²) in [4.78, 5) is -0.158. The van der Waals surface area contributed by atoms with E-state index >= 15 is 0 Å². The van der Waals surface area contributed by atoms with E-state index in [0.717, 1.165) is 0 Å². The zero-order valence-corrected chi connectivity index (χ0v) is 15.7. The van der Waals surface area contributed by atoms with E-state index in [1.807, 2.05) is 4.13 Å². The molecule has 0 aliphatic heterocycles. The van der Waals surface area contributed by atoms with Gasteiger partial charge < -0.3 is 0 Å². The standard InChI is InChI=1S/C20H15NO4S2/c22-26(23,19-13-5-9-15-7-1-3-11-17(15)19)21-27(24,25)20-14-6-10-16-8-2-4-12-18(16)20/h1-14,21H. The maximum absolute atomic E-state index is 12.9. The first-order valence-corrected chi connectivity index (χ1v) is 11.1. The lowest BCUT2D eigenvalue weighted by molar-refractivity contribution is 0.578. The number of hydrogen-bond acceptors (Lipinski definition) is 4. The van der Waals surface area contributed by atoms with E-state index in [2.05, 4.69) is 0 Å². The fourth-order valence-corrected chi connectivity index (χ4v) is 6.43. The Balaban J connectivity index is 1.84. The molecule has 0 amide bonds. The number of hydrogen-bond donors (Lipinski definition) is 1. The van der Waals surface area contributed by atoms with E-state index in [4.69, 9.17) is 0 Å². The second kappa shape index (κ2) is 6.45. The third kappa shape index (κ3) is 3.21. The molecule has 4 aromatic rings. The number of benzene rings is 4. The fourth-order valence-electron chi connectivity index (χ4n) is 3.09. The van der Waals surface area contributed by atoms with Crippen LogP contribution in [0, 0.1) is 0 Å². The molecule has 0 heterocycles. The molecule has 0 spiro atoms. The SMILES string of the molecule is O=S(=O)(NS(=O)(=O)c1cccc2ccccc12)c1cccc2ccccc12. The number of sulfonamides is 2. The van der Waals surface area contributed by atoms with Crippen molar-refractivity contribution >= 4 is 41.6 Å². The molecule has 0 fully saturated rings. The summed E-state index contributed by atoms with van der Waals surface area (Å²) in [6.45, 7) is 0. The number of rotatable bonds is 4. The molecule has 0 saturated carbocycles. The van der Waals surface area contributed by atoms with Gasteiger partial charge in [0.2, 0.25) is 0 Å². The summed E-state index contributed by atoms with van der Waals surface area (Å²) in [5.74, 6) is 0. The molecule has 0 unspecified atom stereocenters. The Morgan fingerprint density at radius 1 is 0.481 bits per heavy atom. The van der Waals surface area contributed by atoms with E-state index < -0.39 is 20.0 Å². The van der Waals surface area contributed by atoms with Crippen LogP contribution in [-0.4, -0.2) is 16.8 Å². The molecule has 27 heavy (non-hydrogen) atoms. The quantitative estimate of drug-likeness (QED) is 0.570. The molecule has 136 valence electrons. The van der Waals surface area contributed by atoms with E-state index in [1.165, 1.54) is 12.1 Å². The lowest BCUT2D eigenvalue weighted by Crippen LogP contribution is -2.31. The molecule has 0 radical (unpaired) electrons. The van der Waals surface area contributed by atoms with Crippen molar-refractivity contribution < 1.29 is 16.8 Å². The van der Waals surface area contributed by atoms with Crippen molar-refractivity contribution in [3.8, 4) is 0 Å². The van der Waals surface area contributed by atoms with Crippen molar-refractivity contribution in [1.82, 2.24) is 4.13 Å². The van der Waals surface area contributed by atoms with Crippen LogP contribution in [-0.2, 0) is 20.0 Å². The lowest BCUT2D eigenvalue weighted by atomic mass is 10.1. The van der Waals surface area contributed by atoms with Gasteiger partial charge in [-0.1, -0.05) is 72.8 Å². The van der Waals surface area contributed by atoms with Crippen LogP contribution in [0.25, 0.3) is 21.5 Å². The summed E-state index contributed by atoms with van der Waals surface area (Å²) in [5.41, 5.74) is 0. The van der Waals surface area contributed by atoms with Crippen molar-refractivity contribution in [2.45, 2.75) is 9.79 Å². The van der Waals surface area contributed by atoms with Crippen LogP contribution in [0.5, 0.6) is 0 Å². The molecule has 1 N–H and O–H groups in total. The summed E-state index contributed by atoms with van der Waals surface area (Å²) < 4.78 is 53.4. The number of nitrogens with one attached hydrogen (secondary N) is 1. The molecule has 0 atom stereocenters. The van der Waals surface area contributed by atoms with E-state index in [1.54, 1.807) is 72.8 Å². The third-order valence-corrected chi connectivity index (χ3v) is 7.92. The topological polar surface area (TPSA) is 80.3 Å². The van der Waals surface area contributed by atoms with Gasteiger partial charge in [-0.15, -0.1) is 4.13 Å². The summed E-state index contributed by atoms with van der Waals surface area (Å²) in [6.07, 6.45) is 0. The van der Waals surface area contributed by atoms with Gasteiger partial charge in [-0.25, -0.2) is 16.8 Å². The molecule has 7 heteroatoms. The maximum atomic E-state index is 12.9. The molecule has 4 aromatic carbocycles. The predicted molar refractivity (Wildman–Crippen MR) is 105 cm³/mol. The summed E-state index contributed by atoms with van der Waals surface area (Å²) in [7, 11) is -8.60. The molecule has 4 rings (SSSR count). The fraction of sp³-hybridized carbons (Fsp3) is 0. The average Bonchev–Trinajstić information content (AvgIpc) is 2.66. The van der Waals surface area contributed by atoms with E-state index in [9.17, 15) is 16.8 Å². The molecule has 0 saturated heterocycles. The predicted octanol–water partition coefficient (Wildman–Crippen LogP) is 3.66. The van der Waals surface area contributed by atoms with Crippen molar-refractivity contribution in [3.05, 3.63) is 84.9 Å². The molecular formula is C20H15NO4S2. The molecule has 0 aromatic heterocycles. The zero-order chi connectivity index (χ0) is 19.1. The van der Waals surface area contributed by atoms with Crippen LogP contribution in [0.2, 0.25) is 0 Å². The highest BCUT2D eigenvalue weighted by molar-refractivity contribution is 8.05. The first-order valence-electron chi connectivity index (χ1n) is 8.13. The first kappa shape index (κ1) is 17.7. The smallest absolute Gasteiger partial charge is 0.206 e. The lowest BCUT2D eigenvalue weighted by Gasteiger charge is -2.12. The van der Waals surface area contributed by atoms with Crippen molar-refractivity contribution in [1.29, 1.82) is 0 Å². The minimum atomic E-state index is -4.30. The van der Waals surface area contributed by atoms with Gasteiger partial charge >= 0.3 is 0 Å². The highest BCUT2D eigenvalue weighted by atomic mass is 32.3. The largest absolute Gasteiger partial charge is 0.254 e. The minimum absolute atomic E-state index is 0.0792. The second-order valence-electron chi connectivity index (χ2n) is 6.04. The van der Waals surface area contributed by atoms with Crippen molar-refractivity contribution in [2.24, 2.45) is 0 Å². The van der Waals surface area contributed by atoms with Crippen LogP contribution >= 0.6 is 0 Å². The Morgan fingerprint density at radius 2 is 0.852 bits per heavy atom. The van der Waals surface area contributed by atoms with Gasteiger partial charge in [-0.2, -0.15) is 0 Å². The average molecular weight is 397 g/mol. The van der Waals surface area contributed by atoms with Gasteiger partial charge in [0.15, 0.2) is 0 Å².